The van der Waals surface area contributed by atoms with Gasteiger partial charge in [0, 0.05) is 18.9 Å². The number of carboxylic acids is 1. The first-order chi connectivity index (χ1) is 9.09. The summed E-state index contributed by atoms with van der Waals surface area (Å²) in [7, 11) is 1.62. The van der Waals surface area contributed by atoms with Crippen LogP contribution < -0.4 is 4.90 Å². The zero-order chi connectivity index (χ0) is 13.8. The first-order valence-electron chi connectivity index (χ1n) is 5.62. The molecule has 1 N–H and O–H groups in total. The summed E-state index contributed by atoms with van der Waals surface area (Å²) in [6.07, 6.45) is 1.55. The van der Waals surface area contributed by atoms with Gasteiger partial charge in [-0.25, -0.2) is 4.79 Å². The van der Waals surface area contributed by atoms with Crippen LogP contribution in [0.15, 0.2) is 48.7 Å². The van der Waals surface area contributed by atoms with Crippen molar-refractivity contribution in [1.29, 1.82) is 0 Å². The molecule has 1 aromatic carbocycles. The van der Waals surface area contributed by atoms with Gasteiger partial charge in [-0.05, 0) is 36.4 Å². The number of hydrogen-bond acceptors (Lipinski definition) is 3. The predicted octanol–water partition coefficient (Wildman–Crippen LogP) is 2.06. The van der Waals surface area contributed by atoms with Gasteiger partial charge < -0.3 is 10.0 Å². The van der Waals surface area contributed by atoms with E-state index in [0.29, 0.717) is 11.4 Å². The van der Waals surface area contributed by atoms with Crippen LogP contribution in [0, 0.1) is 0 Å². The number of hydrogen-bond donors (Lipinski definition) is 1. The Labute approximate surface area is 110 Å². The Kier molecular flexibility index (Phi) is 3.56. The minimum Gasteiger partial charge on any atom is -0.478 e. The number of carboxylic acid groups (broad SMARTS) is 1. The van der Waals surface area contributed by atoms with Gasteiger partial charge in [-0.15, -0.1) is 0 Å². The quantitative estimate of drug-likeness (QED) is 0.912. The van der Waals surface area contributed by atoms with E-state index < -0.39 is 5.97 Å². The van der Waals surface area contributed by atoms with E-state index >= 15 is 0 Å². The SMILES string of the molecule is CN(C(=O)c1ccccn1)c1ccc(C(=O)O)cc1. The smallest absolute Gasteiger partial charge is 0.335 e. The monoisotopic (exact) mass is 256 g/mol. The Morgan fingerprint density at radius 3 is 2.32 bits per heavy atom. The highest BCUT2D eigenvalue weighted by Crippen LogP contribution is 2.15. The second-order valence-corrected chi connectivity index (χ2v) is 3.93. The van der Waals surface area contributed by atoms with E-state index in [9.17, 15) is 9.59 Å². The maximum Gasteiger partial charge on any atom is 0.335 e. The van der Waals surface area contributed by atoms with E-state index in [2.05, 4.69) is 4.98 Å². The van der Waals surface area contributed by atoms with Crippen LogP contribution in [0.5, 0.6) is 0 Å². The van der Waals surface area contributed by atoms with Crippen molar-refractivity contribution in [2.75, 3.05) is 11.9 Å². The van der Waals surface area contributed by atoms with E-state index in [0.717, 1.165) is 0 Å². The number of aromatic nitrogens is 1. The Bertz CT molecular complexity index is 594. The van der Waals surface area contributed by atoms with Crippen LogP contribution in [-0.2, 0) is 0 Å². The van der Waals surface area contributed by atoms with Gasteiger partial charge in [0.2, 0.25) is 0 Å². The highest BCUT2D eigenvalue weighted by molar-refractivity contribution is 6.04. The summed E-state index contributed by atoms with van der Waals surface area (Å²) >= 11 is 0. The van der Waals surface area contributed by atoms with Gasteiger partial charge in [-0.1, -0.05) is 6.07 Å². The third-order valence-corrected chi connectivity index (χ3v) is 2.69. The Morgan fingerprint density at radius 2 is 1.79 bits per heavy atom. The van der Waals surface area contributed by atoms with Crippen LogP contribution in [0.25, 0.3) is 0 Å². The van der Waals surface area contributed by atoms with Crippen LogP contribution >= 0.6 is 0 Å². The number of rotatable bonds is 3. The zero-order valence-corrected chi connectivity index (χ0v) is 10.3. The summed E-state index contributed by atoms with van der Waals surface area (Å²) in [6, 6.07) is 11.2. The predicted molar refractivity (Wildman–Crippen MR) is 70.4 cm³/mol. The molecule has 0 radical (unpaired) electrons. The molecule has 0 aliphatic heterocycles. The molecule has 0 unspecified atom stereocenters. The molecule has 0 aliphatic carbocycles. The molecular weight excluding hydrogens is 244 g/mol. The van der Waals surface area contributed by atoms with Gasteiger partial charge in [0.15, 0.2) is 0 Å². The molecule has 0 bridgehead atoms. The van der Waals surface area contributed by atoms with Crippen molar-refractivity contribution in [1.82, 2.24) is 4.98 Å². The van der Waals surface area contributed by atoms with Crippen LogP contribution in [0.4, 0.5) is 5.69 Å². The summed E-state index contributed by atoms with van der Waals surface area (Å²) in [5.41, 5.74) is 1.13. The first kappa shape index (κ1) is 12.8. The minimum absolute atomic E-state index is 0.183. The number of benzene rings is 1. The van der Waals surface area contributed by atoms with Crippen molar-refractivity contribution in [3.63, 3.8) is 0 Å². The fourth-order valence-corrected chi connectivity index (χ4v) is 1.61. The summed E-state index contributed by atoms with van der Waals surface area (Å²) in [6.45, 7) is 0. The molecule has 0 atom stereocenters. The van der Waals surface area contributed by atoms with Gasteiger partial charge in [0.1, 0.15) is 5.69 Å². The molecule has 5 nitrogen and oxygen atoms in total. The van der Waals surface area contributed by atoms with Gasteiger partial charge in [0.25, 0.3) is 5.91 Å². The van der Waals surface area contributed by atoms with Gasteiger partial charge in [-0.2, -0.15) is 0 Å². The van der Waals surface area contributed by atoms with Crippen molar-refractivity contribution in [3.8, 4) is 0 Å². The number of nitrogens with zero attached hydrogens (tertiary/aromatic N) is 2. The second-order valence-electron chi connectivity index (χ2n) is 3.93. The average molecular weight is 256 g/mol. The van der Waals surface area contributed by atoms with Crippen LogP contribution in [0.3, 0.4) is 0 Å². The lowest BCUT2D eigenvalue weighted by molar-refractivity contribution is 0.0696. The summed E-state index contributed by atoms with van der Waals surface area (Å²) in [5.74, 6) is -1.24. The summed E-state index contributed by atoms with van der Waals surface area (Å²) in [4.78, 5) is 28.3. The van der Waals surface area contributed by atoms with E-state index in [1.165, 1.54) is 17.0 Å². The molecule has 2 rings (SSSR count). The number of pyridine rings is 1. The normalized spacial score (nSPS) is 9.95. The average Bonchev–Trinajstić information content (AvgIpc) is 2.46. The molecule has 1 aromatic heterocycles. The highest BCUT2D eigenvalue weighted by atomic mass is 16.4. The molecular formula is C14H12N2O3. The molecule has 0 aliphatic rings. The second kappa shape index (κ2) is 5.30. The third kappa shape index (κ3) is 2.77. The van der Waals surface area contributed by atoms with Crippen molar-refractivity contribution < 1.29 is 14.7 Å². The molecule has 0 saturated carbocycles. The topological polar surface area (TPSA) is 70.5 Å². The maximum absolute atomic E-state index is 12.1. The fourth-order valence-electron chi connectivity index (χ4n) is 1.61. The van der Waals surface area contributed by atoms with Crippen LogP contribution in [0.1, 0.15) is 20.8 Å². The fraction of sp³-hybridized carbons (Fsp3) is 0.0714. The Balaban J connectivity index is 2.22. The Hall–Kier alpha value is -2.69. The summed E-state index contributed by atoms with van der Waals surface area (Å²) < 4.78 is 0. The lowest BCUT2D eigenvalue weighted by Crippen LogP contribution is -2.26. The number of carbonyl (C=O) groups is 2. The molecule has 5 heteroatoms. The molecule has 2 aromatic rings. The zero-order valence-electron chi connectivity index (χ0n) is 10.3. The van der Waals surface area contributed by atoms with E-state index in [1.807, 2.05) is 0 Å². The largest absolute Gasteiger partial charge is 0.478 e. The minimum atomic E-state index is -0.995. The maximum atomic E-state index is 12.1. The lowest BCUT2D eigenvalue weighted by atomic mass is 10.2. The van der Waals surface area contributed by atoms with Crippen molar-refractivity contribution in [3.05, 3.63) is 59.9 Å². The van der Waals surface area contributed by atoms with Crippen LogP contribution in [0.2, 0.25) is 0 Å². The number of carbonyl (C=O) groups excluding carboxylic acids is 1. The van der Waals surface area contributed by atoms with Gasteiger partial charge >= 0.3 is 5.97 Å². The molecule has 1 amide bonds. The molecule has 19 heavy (non-hydrogen) atoms. The van der Waals surface area contributed by atoms with Crippen molar-refractivity contribution in [2.45, 2.75) is 0 Å². The Morgan fingerprint density at radius 1 is 1.11 bits per heavy atom. The molecule has 0 spiro atoms. The van der Waals surface area contributed by atoms with Crippen LogP contribution in [-0.4, -0.2) is 29.0 Å². The van der Waals surface area contributed by atoms with Gasteiger partial charge in [-0.3, -0.25) is 9.78 Å². The first-order valence-corrected chi connectivity index (χ1v) is 5.62. The van der Waals surface area contributed by atoms with E-state index in [-0.39, 0.29) is 11.5 Å². The molecule has 0 fully saturated rings. The molecule has 1 heterocycles. The van der Waals surface area contributed by atoms with E-state index in [4.69, 9.17) is 5.11 Å². The highest BCUT2D eigenvalue weighted by Gasteiger charge is 2.14. The third-order valence-electron chi connectivity index (χ3n) is 2.69. The van der Waals surface area contributed by atoms with Crippen molar-refractivity contribution in [2.24, 2.45) is 0 Å². The molecule has 96 valence electrons. The molecule has 0 saturated heterocycles. The summed E-state index contributed by atoms with van der Waals surface area (Å²) in [5, 5.41) is 8.81. The lowest BCUT2D eigenvalue weighted by Gasteiger charge is -2.16. The van der Waals surface area contributed by atoms with Gasteiger partial charge in [0.05, 0.1) is 5.56 Å². The number of aromatic carboxylic acids is 1. The van der Waals surface area contributed by atoms with E-state index in [1.54, 1.807) is 43.6 Å². The number of anilines is 1. The standard InChI is InChI=1S/C14H12N2O3/c1-16(13(17)12-4-2-3-9-15-12)11-7-5-10(6-8-11)14(18)19/h2-9H,1H3,(H,18,19). The van der Waals surface area contributed by atoms with Crippen molar-refractivity contribution >= 4 is 17.6 Å². The number of amides is 1.